The zero-order valence-electron chi connectivity index (χ0n) is 17.1. The van der Waals surface area contributed by atoms with Gasteiger partial charge in [-0.1, -0.05) is 54.6 Å². The van der Waals surface area contributed by atoms with Gasteiger partial charge in [-0.05, 0) is 35.4 Å². The molecule has 0 bridgehead atoms. The second-order valence-electron chi connectivity index (χ2n) is 7.37. The lowest BCUT2D eigenvalue weighted by Crippen LogP contribution is -2.49. The summed E-state index contributed by atoms with van der Waals surface area (Å²) in [6.07, 6.45) is -0.737. The van der Waals surface area contributed by atoms with Crippen LogP contribution in [-0.4, -0.2) is 27.0 Å². The van der Waals surface area contributed by atoms with Crippen molar-refractivity contribution in [2.45, 2.75) is 18.3 Å². The molecule has 8 heteroatoms. The Morgan fingerprint density at radius 3 is 2.41 bits per heavy atom. The van der Waals surface area contributed by atoms with Crippen molar-refractivity contribution in [3.05, 3.63) is 90.0 Å². The van der Waals surface area contributed by atoms with Crippen molar-refractivity contribution in [3.8, 4) is 11.8 Å². The summed E-state index contributed by atoms with van der Waals surface area (Å²) in [6, 6.07) is 24.7. The van der Waals surface area contributed by atoms with Gasteiger partial charge in [-0.25, -0.2) is 8.42 Å². The first-order valence-electron chi connectivity index (χ1n) is 10.0. The Labute approximate surface area is 186 Å². The van der Waals surface area contributed by atoms with Gasteiger partial charge in [-0.3, -0.25) is 9.10 Å². The zero-order valence-corrected chi connectivity index (χ0v) is 18.0. The molecule has 1 unspecified atom stereocenters. The van der Waals surface area contributed by atoms with E-state index in [2.05, 4.69) is 11.4 Å². The summed E-state index contributed by atoms with van der Waals surface area (Å²) in [7, 11) is -3.76. The maximum Gasteiger partial charge on any atom is 0.267 e. The second-order valence-corrected chi connectivity index (χ2v) is 9.26. The van der Waals surface area contributed by atoms with Crippen LogP contribution in [0.1, 0.15) is 11.1 Å². The molecule has 0 saturated carbocycles. The number of benzene rings is 3. The predicted octanol–water partition coefficient (Wildman–Crippen LogP) is 3.49. The molecular weight excluding hydrogens is 426 g/mol. The maximum atomic E-state index is 13.3. The highest BCUT2D eigenvalue weighted by molar-refractivity contribution is 7.92. The summed E-state index contributed by atoms with van der Waals surface area (Å²) < 4.78 is 33.6. The molecule has 0 spiro atoms. The highest BCUT2D eigenvalue weighted by Crippen LogP contribution is 2.36. The van der Waals surface area contributed by atoms with E-state index < -0.39 is 22.0 Å². The number of para-hydroxylation sites is 2. The number of nitrogens with zero attached hydrogens (tertiary/aromatic N) is 2. The lowest BCUT2D eigenvalue weighted by Gasteiger charge is -2.34. The van der Waals surface area contributed by atoms with Crippen molar-refractivity contribution in [2.75, 3.05) is 16.2 Å². The highest BCUT2D eigenvalue weighted by atomic mass is 32.2. The first kappa shape index (κ1) is 21.4. The molecule has 0 fully saturated rings. The highest BCUT2D eigenvalue weighted by Gasteiger charge is 2.36. The summed E-state index contributed by atoms with van der Waals surface area (Å²) in [4.78, 5) is 12.9. The Morgan fingerprint density at radius 2 is 1.69 bits per heavy atom. The van der Waals surface area contributed by atoms with Gasteiger partial charge < -0.3 is 10.1 Å². The standard InChI is InChI=1S/C24H21N3O4S/c25-15-14-18-10-12-20(13-11-18)26-24(28)23-16-27(21-8-4-5-9-22(21)31-23)32(29,30)17-19-6-2-1-3-7-19/h1-13,23H,14,16-17H2,(H,26,28). The molecule has 7 nitrogen and oxygen atoms in total. The van der Waals surface area contributed by atoms with E-state index in [1.54, 1.807) is 72.8 Å². The molecule has 3 aromatic rings. The molecule has 0 aliphatic carbocycles. The van der Waals surface area contributed by atoms with Crippen molar-refractivity contribution in [3.63, 3.8) is 0 Å². The zero-order chi connectivity index (χ0) is 22.6. The van der Waals surface area contributed by atoms with Gasteiger partial charge in [-0.15, -0.1) is 0 Å². The molecule has 1 heterocycles. The predicted molar refractivity (Wildman–Crippen MR) is 122 cm³/mol. The molecule has 1 N–H and O–H groups in total. The Morgan fingerprint density at radius 1 is 1.00 bits per heavy atom. The van der Waals surface area contributed by atoms with Crippen molar-refractivity contribution in [2.24, 2.45) is 0 Å². The molecule has 0 radical (unpaired) electrons. The lowest BCUT2D eigenvalue weighted by atomic mass is 10.1. The molecule has 1 amide bonds. The van der Waals surface area contributed by atoms with Crippen molar-refractivity contribution in [1.29, 1.82) is 5.26 Å². The largest absolute Gasteiger partial charge is 0.476 e. The van der Waals surface area contributed by atoms with Gasteiger partial charge in [0, 0.05) is 5.69 Å². The van der Waals surface area contributed by atoms with Crippen LogP contribution >= 0.6 is 0 Å². The minimum Gasteiger partial charge on any atom is -0.476 e. The molecule has 32 heavy (non-hydrogen) atoms. The minimum atomic E-state index is -3.76. The smallest absolute Gasteiger partial charge is 0.267 e. The fraction of sp³-hybridized carbons (Fsp3) is 0.167. The van der Waals surface area contributed by atoms with E-state index in [0.717, 1.165) is 5.56 Å². The number of carbonyl (C=O) groups excluding carboxylic acids is 1. The van der Waals surface area contributed by atoms with Crippen molar-refractivity contribution < 1.29 is 17.9 Å². The molecule has 1 atom stereocenters. The number of anilines is 2. The summed E-state index contributed by atoms with van der Waals surface area (Å²) in [5, 5.41) is 11.5. The van der Waals surface area contributed by atoms with E-state index in [-0.39, 0.29) is 18.7 Å². The van der Waals surface area contributed by atoms with E-state index in [9.17, 15) is 13.2 Å². The topological polar surface area (TPSA) is 99.5 Å². The Hall–Kier alpha value is -3.83. The summed E-state index contributed by atoms with van der Waals surface area (Å²) in [6.45, 7) is -0.134. The number of carbonyl (C=O) groups is 1. The quantitative estimate of drug-likeness (QED) is 0.624. The summed E-state index contributed by atoms with van der Waals surface area (Å²) in [5.74, 6) is -0.302. The summed E-state index contributed by atoms with van der Waals surface area (Å²) in [5.41, 5.74) is 2.45. The van der Waals surface area contributed by atoms with Gasteiger partial charge in [0.1, 0.15) is 5.75 Å². The summed E-state index contributed by atoms with van der Waals surface area (Å²) >= 11 is 0. The van der Waals surface area contributed by atoms with Crippen LogP contribution < -0.4 is 14.4 Å². The van der Waals surface area contributed by atoms with Gasteiger partial charge in [0.15, 0.2) is 6.10 Å². The SMILES string of the molecule is N#CCc1ccc(NC(=O)C2CN(S(=O)(=O)Cc3ccccc3)c3ccccc3O2)cc1. The molecule has 1 aliphatic heterocycles. The second kappa shape index (κ2) is 9.12. The normalized spacial score (nSPS) is 15.2. The average Bonchev–Trinajstić information content (AvgIpc) is 2.80. The van der Waals surface area contributed by atoms with Crippen LogP contribution in [-0.2, 0) is 27.0 Å². The third kappa shape index (κ3) is 4.74. The van der Waals surface area contributed by atoms with E-state index in [4.69, 9.17) is 10.00 Å². The number of sulfonamides is 1. The molecular formula is C24H21N3O4S. The minimum absolute atomic E-state index is 0.134. The Balaban J connectivity index is 1.56. The lowest BCUT2D eigenvalue weighted by molar-refractivity contribution is -0.122. The average molecular weight is 448 g/mol. The van der Waals surface area contributed by atoms with Crippen LogP contribution in [0.15, 0.2) is 78.9 Å². The molecule has 1 aliphatic rings. The monoisotopic (exact) mass is 447 g/mol. The fourth-order valence-corrected chi connectivity index (χ4v) is 5.07. The van der Waals surface area contributed by atoms with E-state index in [1.165, 1.54) is 4.31 Å². The van der Waals surface area contributed by atoms with Crippen LogP contribution in [0.4, 0.5) is 11.4 Å². The van der Waals surface area contributed by atoms with Crippen molar-refractivity contribution in [1.82, 2.24) is 0 Å². The number of hydrogen-bond acceptors (Lipinski definition) is 5. The van der Waals surface area contributed by atoms with E-state index >= 15 is 0 Å². The van der Waals surface area contributed by atoms with Gasteiger partial charge in [0.05, 0.1) is 30.5 Å². The number of fused-ring (bicyclic) bond motifs is 1. The van der Waals surface area contributed by atoms with Crippen LogP contribution in [0.5, 0.6) is 5.75 Å². The van der Waals surface area contributed by atoms with Gasteiger partial charge in [0.25, 0.3) is 5.91 Å². The van der Waals surface area contributed by atoms with Crippen LogP contribution in [0.2, 0.25) is 0 Å². The maximum absolute atomic E-state index is 13.3. The number of rotatable bonds is 6. The molecule has 0 saturated heterocycles. The number of ether oxygens (including phenoxy) is 1. The van der Waals surface area contributed by atoms with Crippen LogP contribution in [0.25, 0.3) is 0 Å². The van der Waals surface area contributed by atoms with Crippen LogP contribution in [0, 0.1) is 11.3 Å². The Bertz CT molecular complexity index is 1250. The molecule has 3 aromatic carbocycles. The van der Waals surface area contributed by atoms with E-state index in [0.29, 0.717) is 22.7 Å². The molecule has 162 valence electrons. The third-order valence-corrected chi connectivity index (χ3v) is 6.78. The van der Waals surface area contributed by atoms with Gasteiger partial charge >= 0.3 is 0 Å². The number of hydrogen-bond donors (Lipinski definition) is 1. The number of amides is 1. The number of nitriles is 1. The first-order chi connectivity index (χ1) is 15.5. The fourth-order valence-electron chi connectivity index (χ4n) is 3.48. The number of nitrogens with one attached hydrogen (secondary N) is 1. The van der Waals surface area contributed by atoms with E-state index in [1.807, 2.05) is 6.07 Å². The third-order valence-electron chi connectivity index (χ3n) is 5.06. The molecule has 0 aromatic heterocycles. The Kier molecular flexibility index (Phi) is 6.10. The van der Waals surface area contributed by atoms with Crippen LogP contribution in [0.3, 0.4) is 0 Å². The first-order valence-corrected chi connectivity index (χ1v) is 11.6. The van der Waals surface area contributed by atoms with Gasteiger partial charge in [0.2, 0.25) is 10.0 Å². The van der Waals surface area contributed by atoms with Gasteiger partial charge in [-0.2, -0.15) is 5.26 Å². The van der Waals surface area contributed by atoms with Crippen molar-refractivity contribution >= 4 is 27.3 Å². The molecule has 4 rings (SSSR count).